The molecule has 2 N–H and O–H groups in total. The van der Waals surface area contributed by atoms with Crippen LogP contribution in [0.25, 0.3) is 0 Å². The molecule has 106 valence electrons. The number of esters is 1. The molecule has 1 aromatic carbocycles. The second-order valence-electron chi connectivity index (χ2n) is 3.83. The first-order valence-corrected chi connectivity index (χ1v) is 7.01. The molecule has 0 radical (unpaired) electrons. The topological polar surface area (TPSA) is 117 Å². The first-order chi connectivity index (χ1) is 9.46. The highest BCUT2D eigenvalue weighted by Crippen LogP contribution is 2.23. The van der Waals surface area contributed by atoms with Crippen LogP contribution in [0.3, 0.4) is 0 Å². The van der Waals surface area contributed by atoms with E-state index in [1.807, 2.05) is 0 Å². The molecule has 2 rings (SSSR count). The number of carbonyl (C=O) groups is 1. The van der Waals surface area contributed by atoms with Gasteiger partial charge in [0.1, 0.15) is 6.54 Å². The van der Waals surface area contributed by atoms with Crippen LogP contribution in [0.5, 0.6) is 0 Å². The van der Waals surface area contributed by atoms with Crippen LogP contribution in [-0.2, 0) is 25.9 Å². The molecule has 0 saturated heterocycles. The van der Waals surface area contributed by atoms with Crippen LogP contribution in [-0.4, -0.2) is 36.5 Å². The van der Waals surface area contributed by atoms with Gasteiger partial charge in [0.15, 0.2) is 5.82 Å². The molecular weight excluding hydrogens is 284 g/mol. The van der Waals surface area contributed by atoms with Gasteiger partial charge < -0.3 is 10.5 Å². The molecule has 0 aliphatic rings. The number of rotatable bonds is 4. The van der Waals surface area contributed by atoms with E-state index < -0.39 is 15.8 Å². The molecule has 8 nitrogen and oxygen atoms in total. The van der Waals surface area contributed by atoms with Crippen molar-refractivity contribution in [2.75, 3.05) is 12.8 Å². The lowest BCUT2D eigenvalue weighted by Crippen LogP contribution is -2.15. The van der Waals surface area contributed by atoms with Crippen LogP contribution in [0.4, 0.5) is 5.82 Å². The van der Waals surface area contributed by atoms with Crippen molar-refractivity contribution in [1.29, 1.82) is 0 Å². The molecular formula is C11H12N4O4S. The van der Waals surface area contributed by atoms with Crippen LogP contribution in [0.15, 0.2) is 40.3 Å². The Morgan fingerprint density at radius 3 is 2.60 bits per heavy atom. The molecule has 20 heavy (non-hydrogen) atoms. The number of hydrogen-bond donors (Lipinski definition) is 1. The summed E-state index contributed by atoms with van der Waals surface area (Å²) in [6.45, 7) is -0.306. The maximum atomic E-state index is 12.3. The van der Waals surface area contributed by atoms with Crippen molar-refractivity contribution in [1.82, 2.24) is 15.0 Å². The predicted molar refractivity (Wildman–Crippen MR) is 68.3 cm³/mol. The van der Waals surface area contributed by atoms with E-state index in [0.29, 0.717) is 0 Å². The molecule has 0 aliphatic carbocycles. The van der Waals surface area contributed by atoms with E-state index in [-0.39, 0.29) is 22.3 Å². The Labute approximate surface area is 115 Å². The summed E-state index contributed by atoms with van der Waals surface area (Å²) in [6, 6.07) is 7.71. The van der Waals surface area contributed by atoms with Gasteiger partial charge >= 0.3 is 5.97 Å². The number of sulfone groups is 1. The second kappa shape index (κ2) is 5.29. The van der Waals surface area contributed by atoms with Crippen LogP contribution in [0.1, 0.15) is 0 Å². The number of hydrogen-bond acceptors (Lipinski definition) is 7. The second-order valence-corrected chi connectivity index (χ2v) is 5.70. The summed E-state index contributed by atoms with van der Waals surface area (Å²) in [5.41, 5.74) is 5.68. The molecule has 0 bridgehead atoms. The number of nitrogens with zero attached hydrogens (tertiary/aromatic N) is 3. The third-order valence-electron chi connectivity index (χ3n) is 2.56. The number of ether oxygens (including phenoxy) is 1. The average Bonchev–Trinajstić information content (AvgIpc) is 2.81. The monoisotopic (exact) mass is 296 g/mol. The predicted octanol–water partition coefficient (Wildman–Crippen LogP) is -0.134. The van der Waals surface area contributed by atoms with Crippen molar-refractivity contribution in [3.05, 3.63) is 30.3 Å². The van der Waals surface area contributed by atoms with Gasteiger partial charge in [0.25, 0.3) is 0 Å². The Bertz CT molecular complexity index is 724. The van der Waals surface area contributed by atoms with Crippen molar-refractivity contribution in [3.8, 4) is 0 Å². The van der Waals surface area contributed by atoms with Gasteiger partial charge in [-0.05, 0) is 12.1 Å². The fourth-order valence-electron chi connectivity index (χ4n) is 1.51. The van der Waals surface area contributed by atoms with Gasteiger partial charge in [-0.2, -0.15) is 0 Å². The zero-order chi connectivity index (χ0) is 14.8. The number of benzene rings is 1. The van der Waals surface area contributed by atoms with Crippen LogP contribution >= 0.6 is 0 Å². The Kier molecular flexibility index (Phi) is 3.70. The fraction of sp³-hybridized carbons (Fsp3) is 0.182. The highest BCUT2D eigenvalue weighted by Gasteiger charge is 2.26. The third-order valence-corrected chi connectivity index (χ3v) is 4.25. The van der Waals surface area contributed by atoms with Crippen molar-refractivity contribution >= 4 is 21.6 Å². The summed E-state index contributed by atoms with van der Waals surface area (Å²) in [4.78, 5) is 11.2. The van der Waals surface area contributed by atoms with Crippen LogP contribution in [0, 0.1) is 0 Å². The largest absolute Gasteiger partial charge is 0.468 e. The Morgan fingerprint density at radius 2 is 2.00 bits per heavy atom. The summed E-state index contributed by atoms with van der Waals surface area (Å²) in [5, 5.41) is 6.72. The highest BCUT2D eigenvalue weighted by atomic mass is 32.2. The molecule has 0 amide bonds. The van der Waals surface area contributed by atoms with Crippen molar-refractivity contribution in [3.63, 3.8) is 0 Å². The first kappa shape index (κ1) is 14.0. The van der Waals surface area contributed by atoms with Gasteiger partial charge in [0, 0.05) is 0 Å². The SMILES string of the molecule is COC(=O)Cn1nnc(S(=O)(=O)c2ccccc2)c1N. The molecule has 0 saturated carbocycles. The van der Waals surface area contributed by atoms with Gasteiger partial charge in [-0.3, -0.25) is 4.79 Å². The Balaban J connectivity index is 2.42. The van der Waals surface area contributed by atoms with Crippen LogP contribution in [0.2, 0.25) is 0 Å². The van der Waals surface area contributed by atoms with E-state index in [1.54, 1.807) is 18.2 Å². The van der Waals surface area contributed by atoms with Gasteiger partial charge in [-0.25, -0.2) is 13.1 Å². The van der Waals surface area contributed by atoms with Gasteiger partial charge in [-0.15, -0.1) is 5.10 Å². The van der Waals surface area contributed by atoms with E-state index >= 15 is 0 Å². The number of carbonyl (C=O) groups excluding carboxylic acids is 1. The number of nitrogen functional groups attached to an aromatic ring is 1. The lowest BCUT2D eigenvalue weighted by Gasteiger charge is -2.03. The van der Waals surface area contributed by atoms with Crippen molar-refractivity contribution < 1.29 is 17.9 Å². The minimum absolute atomic E-state index is 0.0526. The smallest absolute Gasteiger partial charge is 0.327 e. The molecule has 0 spiro atoms. The molecule has 1 aromatic heterocycles. The zero-order valence-corrected chi connectivity index (χ0v) is 11.4. The molecule has 0 fully saturated rings. The van der Waals surface area contributed by atoms with E-state index in [0.717, 1.165) is 4.68 Å². The summed E-state index contributed by atoms with van der Waals surface area (Å²) in [6.07, 6.45) is 0. The Hall–Kier alpha value is -2.42. The normalized spacial score (nSPS) is 11.2. The number of aromatic nitrogens is 3. The molecule has 0 unspecified atom stereocenters. The van der Waals surface area contributed by atoms with E-state index in [9.17, 15) is 13.2 Å². The van der Waals surface area contributed by atoms with Gasteiger partial charge in [0.05, 0.1) is 12.0 Å². The molecule has 0 aliphatic heterocycles. The van der Waals surface area contributed by atoms with Crippen molar-refractivity contribution in [2.45, 2.75) is 16.5 Å². The molecule has 1 heterocycles. The van der Waals surface area contributed by atoms with Crippen LogP contribution < -0.4 is 5.73 Å². The van der Waals surface area contributed by atoms with E-state index in [2.05, 4.69) is 15.0 Å². The van der Waals surface area contributed by atoms with Crippen molar-refractivity contribution in [2.24, 2.45) is 0 Å². The molecule has 0 atom stereocenters. The maximum Gasteiger partial charge on any atom is 0.327 e. The third kappa shape index (κ3) is 2.48. The average molecular weight is 296 g/mol. The summed E-state index contributed by atoms with van der Waals surface area (Å²) in [5.74, 6) is -0.815. The Morgan fingerprint density at radius 1 is 1.35 bits per heavy atom. The van der Waals surface area contributed by atoms with Gasteiger partial charge in [0.2, 0.25) is 14.9 Å². The highest BCUT2D eigenvalue weighted by molar-refractivity contribution is 7.91. The first-order valence-electron chi connectivity index (χ1n) is 5.52. The summed E-state index contributed by atoms with van der Waals surface area (Å²) in [7, 11) is -2.66. The number of methoxy groups -OCH3 is 1. The lowest BCUT2D eigenvalue weighted by atomic mass is 10.4. The lowest BCUT2D eigenvalue weighted by molar-refractivity contribution is -0.141. The number of nitrogens with two attached hydrogens (primary N) is 1. The fourth-order valence-corrected chi connectivity index (χ4v) is 2.77. The van der Waals surface area contributed by atoms with E-state index in [1.165, 1.54) is 19.2 Å². The number of anilines is 1. The van der Waals surface area contributed by atoms with E-state index in [4.69, 9.17) is 5.73 Å². The minimum Gasteiger partial charge on any atom is -0.468 e. The zero-order valence-electron chi connectivity index (χ0n) is 10.6. The molecule has 9 heteroatoms. The standard InChI is InChI=1S/C11H12N4O4S/c1-19-9(16)7-15-10(12)11(13-14-15)20(17,18)8-5-3-2-4-6-8/h2-6H,7,12H2,1H3. The molecule has 2 aromatic rings. The maximum absolute atomic E-state index is 12.3. The quantitative estimate of drug-likeness (QED) is 0.780. The summed E-state index contributed by atoms with van der Waals surface area (Å²) >= 11 is 0. The summed E-state index contributed by atoms with van der Waals surface area (Å²) < 4.78 is 30.1. The van der Waals surface area contributed by atoms with Gasteiger partial charge in [-0.1, -0.05) is 23.4 Å². The minimum atomic E-state index is -3.86.